The van der Waals surface area contributed by atoms with Gasteiger partial charge in [-0.3, -0.25) is 4.90 Å². The van der Waals surface area contributed by atoms with Crippen LogP contribution in [0, 0.1) is 0 Å². The van der Waals surface area contributed by atoms with Crippen LogP contribution in [0.5, 0.6) is 0 Å². The second kappa shape index (κ2) is 7.46. The van der Waals surface area contributed by atoms with Gasteiger partial charge >= 0.3 is 6.18 Å². The molecule has 27 heavy (non-hydrogen) atoms. The first kappa shape index (κ1) is 18.2. The normalized spacial score (nSPS) is 19.2. The van der Waals surface area contributed by atoms with Crippen molar-refractivity contribution in [2.24, 2.45) is 0 Å². The van der Waals surface area contributed by atoms with Gasteiger partial charge in [-0.1, -0.05) is 18.2 Å². The Labute approximate surface area is 156 Å². The van der Waals surface area contributed by atoms with E-state index in [0.717, 1.165) is 43.6 Å². The molecule has 4 nitrogen and oxygen atoms in total. The number of nitrogens with one attached hydrogen (secondary N) is 1. The molecule has 0 unspecified atom stereocenters. The third kappa shape index (κ3) is 4.77. The molecule has 7 heteroatoms. The lowest BCUT2D eigenvalue weighted by atomic mass is 10.0. The lowest BCUT2D eigenvalue weighted by molar-refractivity contribution is -0.137. The molecule has 0 radical (unpaired) electrons. The molecule has 1 aromatic heterocycles. The maximum Gasteiger partial charge on any atom is 0.416 e. The van der Waals surface area contributed by atoms with Crippen LogP contribution in [0.4, 0.5) is 19.0 Å². The van der Waals surface area contributed by atoms with Crippen LogP contribution in [0.2, 0.25) is 0 Å². The molecular weight excluding hydrogens is 353 g/mol. The average Bonchev–Trinajstić information content (AvgIpc) is 3.48. The van der Waals surface area contributed by atoms with E-state index in [4.69, 9.17) is 0 Å². The number of likely N-dealkylation sites (tertiary alicyclic amines) is 1. The number of benzene rings is 1. The second-order valence-electron chi connectivity index (χ2n) is 7.47. The number of hydrogen-bond donors (Lipinski definition) is 1. The standard InChI is InChI=1S/C20H23F3N4/c21-20(22,23)16-3-1-2-14(12-16)13-27-10-7-17(8-11-27)25-18-6-9-24-19(26-18)15-4-5-15/h1-3,6,9,12,15,17H,4-5,7-8,10-11,13H2,(H,24,25,26). The Balaban J connectivity index is 1.30. The topological polar surface area (TPSA) is 41.0 Å². The summed E-state index contributed by atoms with van der Waals surface area (Å²) in [4.78, 5) is 11.2. The first-order valence-corrected chi connectivity index (χ1v) is 9.45. The van der Waals surface area contributed by atoms with Crippen LogP contribution >= 0.6 is 0 Å². The zero-order valence-corrected chi connectivity index (χ0v) is 15.0. The molecule has 1 N–H and O–H groups in total. The zero-order valence-electron chi connectivity index (χ0n) is 15.0. The summed E-state index contributed by atoms with van der Waals surface area (Å²) in [6.07, 6.45) is 1.77. The molecule has 2 fully saturated rings. The van der Waals surface area contributed by atoms with Crippen molar-refractivity contribution < 1.29 is 13.2 Å². The van der Waals surface area contributed by atoms with Gasteiger partial charge in [-0.05, 0) is 43.4 Å². The van der Waals surface area contributed by atoms with E-state index in [1.54, 1.807) is 6.07 Å². The summed E-state index contributed by atoms with van der Waals surface area (Å²) in [6, 6.07) is 7.87. The highest BCUT2D eigenvalue weighted by Crippen LogP contribution is 2.38. The van der Waals surface area contributed by atoms with E-state index in [9.17, 15) is 13.2 Å². The molecule has 2 heterocycles. The molecule has 1 aliphatic heterocycles. The zero-order chi connectivity index (χ0) is 18.9. The summed E-state index contributed by atoms with van der Waals surface area (Å²) in [7, 11) is 0. The molecule has 0 spiro atoms. The monoisotopic (exact) mass is 376 g/mol. The van der Waals surface area contributed by atoms with Crippen LogP contribution < -0.4 is 5.32 Å². The molecule has 4 rings (SSSR count). The Morgan fingerprint density at radius 3 is 2.56 bits per heavy atom. The van der Waals surface area contributed by atoms with Gasteiger partial charge in [0.2, 0.25) is 0 Å². The molecule has 144 valence electrons. The largest absolute Gasteiger partial charge is 0.416 e. The molecule has 0 atom stereocenters. The molecule has 2 aliphatic rings. The quantitative estimate of drug-likeness (QED) is 0.837. The Hall–Kier alpha value is -2.15. The number of nitrogens with zero attached hydrogens (tertiary/aromatic N) is 3. The van der Waals surface area contributed by atoms with Crippen LogP contribution in [0.1, 0.15) is 48.6 Å². The van der Waals surface area contributed by atoms with Gasteiger partial charge in [0, 0.05) is 37.8 Å². The summed E-state index contributed by atoms with van der Waals surface area (Å²) in [6.45, 7) is 2.26. The Morgan fingerprint density at radius 1 is 1.07 bits per heavy atom. The molecule has 2 aromatic rings. The third-order valence-electron chi connectivity index (χ3n) is 5.22. The van der Waals surface area contributed by atoms with Gasteiger partial charge in [0.1, 0.15) is 11.6 Å². The first-order valence-electron chi connectivity index (χ1n) is 9.45. The molecular formula is C20H23F3N4. The van der Waals surface area contributed by atoms with Gasteiger partial charge in [-0.25, -0.2) is 9.97 Å². The number of alkyl halides is 3. The molecule has 1 saturated carbocycles. The predicted molar refractivity (Wildman–Crippen MR) is 97.4 cm³/mol. The summed E-state index contributed by atoms with van der Waals surface area (Å²) < 4.78 is 38.6. The number of anilines is 1. The van der Waals surface area contributed by atoms with Gasteiger partial charge in [-0.15, -0.1) is 0 Å². The maximum absolute atomic E-state index is 12.9. The fourth-order valence-electron chi connectivity index (χ4n) is 3.54. The first-order chi connectivity index (χ1) is 13.0. The summed E-state index contributed by atoms with van der Waals surface area (Å²) in [5.74, 6) is 2.34. The summed E-state index contributed by atoms with van der Waals surface area (Å²) in [5, 5.41) is 3.49. The minimum atomic E-state index is -4.29. The van der Waals surface area contributed by atoms with Gasteiger partial charge < -0.3 is 5.32 Å². The molecule has 1 aliphatic carbocycles. The van der Waals surface area contributed by atoms with Crippen molar-refractivity contribution in [2.75, 3.05) is 18.4 Å². The lowest BCUT2D eigenvalue weighted by Gasteiger charge is -2.32. The van der Waals surface area contributed by atoms with E-state index in [1.165, 1.54) is 25.0 Å². The fraction of sp³-hybridized carbons (Fsp3) is 0.500. The van der Waals surface area contributed by atoms with Gasteiger partial charge in [-0.2, -0.15) is 13.2 Å². The van der Waals surface area contributed by atoms with E-state index in [2.05, 4.69) is 20.2 Å². The summed E-state index contributed by atoms with van der Waals surface area (Å²) >= 11 is 0. The van der Waals surface area contributed by atoms with E-state index in [1.807, 2.05) is 12.3 Å². The van der Waals surface area contributed by atoms with Crippen LogP contribution in [0.3, 0.4) is 0 Å². The van der Waals surface area contributed by atoms with E-state index >= 15 is 0 Å². The summed E-state index contributed by atoms with van der Waals surface area (Å²) in [5.41, 5.74) is 0.132. The fourth-order valence-corrected chi connectivity index (χ4v) is 3.54. The van der Waals surface area contributed by atoms with Crippen molar-refractivity contribution in [3.8, 4) is 0 Å². The molecule has 1 aromatic carbocycles. The number of rotatable bonds is 5. The average molecular weight is 376 g/mol. The van der Waals surface area contributed by atoms with Crippen molar-refractivity contribution in [1.29, 1.82) is 0 Å². The van der Waals surface area contributed by atoms with Crippen molar-refractivity contribution in [2.45, 2.75) is 50.4 Å². The number of piperidine rings is 1. The minimum Gasteiger partial charge on any atom is -0.367 e. The maximum atomic E-state index is 12.9. The molecule has 1 saturated heterocycles. The second-order valence-corrected chi connectivity index (χ2v) is 7.47. The van der Waals surface area contributed by atoms with Crippen LogP contribution in [-0.2, 0) is 12.7 Å². The van der Waals surface area contributed by atoms with Crippen LogP contribution in [0.25, 0.3) is 0 Å². The van der Waals surface area contributed by atoms with Crippen LogP contribution in [0.15, 0.2) is 36.5 Å². The minimum absolute atomic E-state index is 0.338. The molecule has 0 amide bonds. The number of halogens is 3. The van der Waals surface area contributed by atoms with E-state index < -0.39 is 11.7 Å². The lowest BCUT2D eigenvalue weighted by Crippen LogP contribution is -2.38. The predicted octanol–water partition coefficient (Wildman–Crippen LogP) is 4.45. The Kier molecular flexibility index (Phi) is 5.04. The van der Waals surface area contributed by atoms with Crippen molar-refractivity contribution in [3.63, 3.8) is 0 Å². The van der Waals surface area contributed by atoms with Crippen molar-refractivity contribution >= 4 is 5.82 Å². The highest BCUT2D eigenvalue weighted by Gasteiger charge is 2.30. The smallest absolute Gasteiger partial charge is 0.367 e. The number of hydrogen-bond acceptors (Lipinski definition) is 4. The van der Waals surface area contributed by atoms with E-state index in [-0.39, 0.29) is 0 Å². The Morgan fingerprint density at radius 2 is 1.85 bits per heavy atom. The highest BCUT2D eigenvalue weighted by atomic mass is 19.4. The highest BCUT2D eigenvalue weighted by molar-refractivity contribution is 5.35. The molecule has 0 bridgehead atoms. The SMILES string of the molecule is FC(F)(F)c1cccc(CN2CCC(Nc3ccnc(C4CC4)n3)CC2)c1. The third-order valence-corrected chi connectivity index (χ3v) is 5.22. The van der Waals surface area contributed by atoms with Crippen molar-refractivity contribution in [1.82, 2.24) is 14.9 Å². The number of aromatic nitrogens is 2. The Bertz CT molecular complexity index is 781. The van der Waals surface area contributed by atoms with Gasteiger partial charge in [0.15, 0.2) is 0 Å². The van der Waals surface area contributed by atoms with Crippen molar-refractivity contribution in [3.05, 3.63) is 53.5 Å². The van der Waals surface area contributed by atoms with Gasteiger partial charge in [0.05, 0.1) is 5.56 Å². The van der Waals surface area contributed by atoms with Crippen LogP contribution in [-0.4, -0.2) is 34.0 Å². The van der Waals surface area contributed by atoms with E-state index in [0.29, 0.717) is 24.1 Å². The van der Waals surface area contributed by atoms with Gasteiger partial charge in [0.25, 0.3) is 0 Å².